The fourth-order valence-electron chi connectivity index (χ4n) is 2.24. The molecular formula is C24H16Sn. The fourth-order valence-corrected chi connectivity index (χ4v) is 2.24. The molecule has 0 saturated heterocycles. The zero-order valence-corrected chi connectivity index (χ0v) is 16.6. The maximum absolute atomic E-state index is 3.15. The molecule has 4 rings (SSSR count). The van der Waals surface area contributed by atoms with Crippen LogP contribution in [0.2, 0.25) is 0 Å². The fraction of sp³-hybridized carbons (Fsp3) is 0. The van der Waals surface area contributed by atoms with Gasteiger partial charge in [-0.2, -0.15) is 11.5 Å². The van der Waals surface area contributed by atoms with Crippen LogP contribution < -0.4 is 0 Å². The summed E-state index contributed by atoms with van der Waals surface area (Å²) in [5.74, 6) is 0. The van der Waals surface area contributed by atoms with Crippen LogP contribution in [0.3, 0.4) is 0 Å². The van der Waals surface area contributed by atoms with Gasteiger partial charge in [-0.3, -0.25) is 0 Å². The number of hydrogen-bond donors (Lipinski definition) is 0. The molecule has 1 heteroatoms. The second-order valence-electron chi connectivity index (χ2n) is 5.10. The van der Waals surface area contributed by atoms with Gasteiger partial charge >= 0.3 is 0 Å². The maximum atomic E-state index is 3.15. The van der Waals surface area contributed by atoms with Crippen LogP contribution in [0.25, 0.3) is 0 Å². The van der Waals surface area contributed by atoms with Gasteiger partial charge in [0.1, 0.15) is 0 Å². The molecule has 0 aliphatic heterocycles. The Bertz CT molecular complexity index is 787. The van der Waals surface area contributed by atoms with Gasteiger partial charge in [-0.1, -0.05) is 12.8 Å². The van der Waals surface area contributed by atoms with Crippen molar-refractivity contribution in [3.8, 4) is 0 Å². The summed E-state index contributed by atoms with van der Waals surface area (Å²) in [5.41, 5.74) is 10.7. The molecule has 4 radical (unpaired) electrons. The molecule has 0 atom stereocenters. The van der Waals surface area contributed by atoms with E-state index in [9.17, 15) is 0 Å². The van der Waals surface area contributed by atoms with Crippen LogP contribution in [0.5, 0.6) is 0 Å². The maximum Gasteiger partial charge on any atom is 0.0814 e. The van der Waals surface area contributed by atoms with E-state index in [0.717, 1.165) is 22.3 Å². The summed E-state index contributed by atoms with van der Waals surface area (Å²) in [4.78, 5) is 0. The van der Waals surface area contributed by atoms with Gasteiger partial charge in [0.25, 0.3) is 0 Å². The molecule has 0 saturated carbocycles. The molecule has 4 aliphatic carbocycles. The molecule has 0 unspecified atom stereocenters. The topological polar surface area (TPSA) is 0 Å². The van der Waals surface area contributed by atoms with E-state index in [0.29, 0.717) is 0 Å². The molecule has 0 nitrogen and oxygen atoms in total. The molecule has 4 aliphatic rings. The largest absolute Gasteiger partial charge is 0.193 e. The molecule has 25 heavy (non-hydrogen) atoms. The van der Waals surface area contributed by atoms with Crippen LogP contribution in [-0.4, -0.2) is 23.9 Å². The van der Waals surface area contributed by atoms with E-state index in [1.54, 1.807) is 0 Å². The van der Waals surface area contributed by atoms with Crippen LogP contribution in [0.15, 0.2) is 119 Å². The molecule has 0 bridgehead atoms. The van der Waals surface area contributed by atoms with E-state index in [1.807, 2.05) is 97.9 Å². The van der Waals surface area contributed by atoms with Crippen molar-refractivity contribution in [2.45, 2.75) is 0 Å². The normalized spacial score (nSPS) is 17.3. The monoisotopic (exact) mass is 424 g/mol. The van der Waals surface area contributed by atoms with Gasteiger partial charge in [-0.15, -0.1) is 36.5 Å². The first kappa shape index (κ1) is 18.7. The second-order valence-corrected chi connectivity index (χ2v) is 5.10. The summed E-state index contributed by atoms with van der Waals surface area (Å²) < 4.78 is 0. The second kappa shape index (κ2) is 10.2. The van der Waals surface area contributed by atoms with Crippen LogP contribution in [0.1, 0.15) is 0 Å². The predicted octanol–water partition coefficient (Wildman–Crippen LogP) is 5.01. The molecule has 0 spiro atoms. The molecule has 0 amide bonds. The van der Waals surface area contributed by atoms with Crippen molar-refractivity contribution in [2.75, 3.05) is 0 Å². The van der Waals surface area contributed by atoms with Crippen molar-refractivity contribution in [3.63, 3.8) is 0 Å². The van der Waals surface area contributed by atoms with Crippen LogP contribution in [-0.2, 0) is 0 Å². The third-order valence-corrected chi connectivity index (χ3v) is 3.42. The number of hydrogen-bond acceptors (Lipinski definition) is 0. The summed E-state index contributed by atoms with van der Waals surface area (Å²) >= 11 is 0. The van der Waals surface area contributed by atoms with E-state index in [1.165, 1.54) is 0 Å². The Kier molecular flexibility index (Phi) is 7.64. The van der Waals surface area contributed by atoms with Crippen molar-refractivity contribution in [3.05, 3.63) is 144 Å². The van der Waals surface area contributed by atoms with Crippen molar-refractivity contribution in [1.82, 2.24) is 0 Å². The van der Waals surface area contributed by atoms with Crippen molar-refractivity contribution < 1.29 is 0 Å². The first-order chi connectivity index (χ1) is 11.9. The standard InChI is InChI=1S/2C12H8.Sn/c2*1-3-7-11(8-4-1)12-9-5-2-6-10-12;/h2*1-7,9H;. The van der Waals surface area contributed by atoms with E-state index in [4.69, 9.17) is 0 Å². The van der Waals surface area contributed by atoms with Gasteiger partial charge in [-0.25, -0.2) is 0 Å². The molecule has 0 heterocycles. The zero-order chi connectivity index (χ0) is 16.5. The van der Waals surface area contributed by atoms with Crippen LogP contribution in [0.4, 0.5) is 0 Å². The smallest absolute Gasteiger partial charge is 0.0814 e. The van der Waals surface area contributed by atoms with Crippen molar-refractivity contribution in [2.24, 2.45) is 0 Å². The van der Waals surface area contributed by atoms with Crippen LogP contribution >= 0.6 is 0 Å². The Hall–Kier alpha value is -2.68. The summed E-state index contributed by atoms with van der Waals surface area (Å²) in [7, 11) is 0. The first-order valence-corrected chi connectivity index (χ1v) is 7.81. The SMILES string of the molecule is C1=CC=C[CH-]C=1C1=CC=CC=[C+]1.C1=CC=C[CH-]C=1C1=CC=CC=[C+]1.[Sn]. The molecule has 0 aromatic heterocycles. The quantitative estimate of drug-likeness (QED) is 0.333. The van der Waals surface area contributed by atoms with Gasteiger partial charge in [0.05, 0.1) is 23.3 Å². The van der Waals surface area contributed by atoms with Gasteiger partial charge in [-0.05, 0) is 35.5 Å². The molecular weight excluding hydrogens is 407 g/mol. The van der Waals surface area contributed by atoms with Gasteiger partial charge in [0.15, 0.2) is 0 Å². The Morgan fingerprint density at radius 2 is 1.12 bits per heavy atom. The Labute approximate surface area is 167 Å². The summed E-state index contributed by atoms with van der Waals surface area (Å²) in [6.45, 7) is 0. The minimum atomic E-state index is 0. The predicted molar refractivity (Wildman–Crippen MR) is 106 cm³/mol. The Balaban J connectivity index is 0.000000173. The molecule has 0 N–H and O–H groups in total. The molecule has 0 fully saturated rings. The average molecular weight is 423 g/mol. The van der Waals surface area contributed by atoms with Crippen LogP contribution in [0, 0.1) is 25.0 Å². The van der Waals surface area contributed by atoms with Crippen molar-refractivity contribution >= 4 is 23.9 Å². The van der Waals surface area contributed by atoms with Gasteiger partial charge in [0.2, 0.25) is 0 Å². The third-order valence-electron chi connectivity index (χ3n) is 3.42. The molecule has 116 valence electrons. The van der Waals surface area contributed by atoms with E-state index in [2.05, 4.69) is 23.6 Å². The summed E-state index contributed by atoms with van der Waals surface area (Å²) in [6.07, 6.45) is 38.0. The molecule has 0 aromatic rings. The van der Waals surface area contributed by atoms with Crippen molar-refractivity contribution in [1.29, 1.82) is 0 Å². The molecule has 0 aromatic carbocycles. The Morgan fingerprint density at radius 3 is 1.44 bits per heavy atom. The number of rotatable bonds is 2. The van der Waals surface area contributed by atoms with Gasteiger partial charge < -0.3 is 0 Å². The van der Waals surface area contributed by atoms with E-state index >= 15 is 0 Å². The minimum Gasteiger partial charge on any atom is -0.193 e. The third kappa shape index (κ3) is 5.71. The number of allylic oxidation sites excluding steroid dienone is 18. The summed E-state index contributed by atoms with van der Waals surface area (Å²) in [6, 6.07) is 0. The average Bonchev–Trinajstić information content (AvgIpc) is 2.71. The summed E-state index contributed by atoms with van der Waals surface area (Å²) in [5, 5.41) is 0. The van der Waals surface area contributed by atoms with E-state index in [-0.39, 0.29) is 23.9 Å². The zero-order valence-electron chi connectivity index (χ0n) is 13.7. The van der Waals surface area contributed by atoms with Gasteiger partial charge in [0, 0.05) is 48.2 Å². The first-order valence-electron chi connectivity index (χ1n) is 7.81. The Morgan fingerprint density at radius 1 is 0.640 bits per heavy atom. The minimum absolute atomic E-state index is 0. The van der Waals surface area contributed by atoms with E-state index < -0.39 is 0 Å².